The molecule has 23 heavy (non-hydrogen) atoms. The van der Waals surface area contributed by atoms with Gasteiger partial charge in [0.15, 0.2) is 11.5 Å². The molecule has 0 aromatic carbocycles. The summed E-state index contributed by atoms with van der Waals surface area (Å²) in [6, 6.07) is 2.26. The third-order valence-corrected chi connectivity index (χ3v) is 4.31. The maximum atomic E-state index is 4.51. The molecular weight excluding hydrogens is 292 g/mol. The summed E-state index contributed by atoms with van der Waals surface area (Å²) in [4.78, 5) is 29.2. The third kappa shape index (κ3) is 2.45. The average Bonchev–Trinajstić information content (AvgIpc) is 3.23. The summed E-state index contributed by atoms with van der Waals surface area (Å²) in [5.41, 5.74) is 2.57. The van der Waals surface area contributed by atoms with Crippen LogP contribution in [-0.4, -0.2) is 56.1 Å². The maximum absolute atomic E-state index is 4.51. The number of hydrogen-bond acceptors (Lipinski definition) is 7. The van der Waals surface area contributed by atoms with Crippen LogP contribution in [0.2, 0.25) is 0 Å². The van der Waals surface area contributed by atoms with Crippen LogP contribution in [0.1, 0.15) is 12.1 Å². The van der Waals surface area contributed by atoms with E-state index < -0.39 is 0 Å². The first-order chi connectivity index (χ1) is 11.2. The van der Waals surface area contributed by atoms with Crippen LogP contribution >= 0.6 is 0 Å². The number of aromatic amines is 1. The lowest BCUT2D eigenvalue weighted by Crippen LogP contribution is -2.36. The zero-order valence-corrected chi connectivity index (χ0v) is 13.1. The van der Waals surface area contributed by atoms with Crippen molar-refractivity contribution in [3.05, 3.63) is 30.6 Å². The predicted molar refractivity (Wildman–Crippen MR) is 87.5 cm³/mol. The minimum Gasteiger partial charge on any atom is -0.353 e. The standard InChI is InChI=1S/C15H18N8/c1-10-3-5-16-15(21-10)22(2)11-4-6-23(7-11)14-12-13(18-8-17-12)19-9-20-14/h3,5,8-9,11H,4,6-7H2,1-2H3,(H,17,18,19,20). The number of aromatic nitrogens is 6. The third-order valence-electron chi connectivity index (χ3n) is 4.31. The van der Waals surface area contributed by atoms with Crippen LogP contribution in [0.3, 0.4) is 0 Å². The lowest BCUT2D eigenvalue weighted by atomic mass is 10.2. The van der Waals surface area contributed by atoms with Gasteiger partial charge in [-0.25, -0.2) is 24.9 Å². The van der Waals surface area contributed by atoms with Gasteiger partial charge in [-0.15, -0.1) is 0 Å². The Kier molecular flexibility index (Phi) is 3.29. The minimum absolute atomic E-state index is 0.352. The van der Waals surface area contributed by atoms with Crippen LogP contribution in [-0.2, 0) is 0 Å². The molecule has 0 bridgehead atoms. The van der Waals surface area contributed by atoms with E-state index in [0.717, 1.165) is 42.5 Å². The monoisotopic (exact) mass is 310 g/mol. The molecule has 3 aromatic heterocycles. The Labute approximate surface area is 133 Å². The first-order valence-electron chi connectivity index (χ1n) is 7.64. The summed E-state index contributed by atoms with van der Waals surface area (Å²) < 4.78 is 0. The van der Waals surface area contributed by atoms with Gasteiger partial charge in [-0.1, -0.05) is 0 Å². The molecule has 118 valence electrons. The SMILES string of the molecule is Cc1ccnc(N(C)C2CCN(c3ncnc4nc[nH]c34)C2)n1. The Hall–Kier alpha value is -2.77. The van der Waals surface area contributed by atoms with Crippen molar-refractivity contribution in [2.45, 2.75) is 19.4 Å². The molecule has 1 unspecified atom stereocenters. The van der Waals surface area contributed by atoms with Gasteiger partial charge in [0, 0.05) is 32.0 Å². The molecule has 1 fully saturated rings. The molecule has 3 aromatic rings. The van der Waals surface area contributed by atoms with E-state index in [1.165, 1.54) is 0 Å². The Morgan fingerprint density at radius 1 is 1.26 bits per heavy atom. The van der Waals surface area contributed by atoms with Crippen molar-refractivity contribution in [2.24, 2.45) is 0 Å². The fourth-order valence-corrected chi connectivity index (χ4v) is 3.01. The fourth-order valence-electron chi connectivity index (χ4n) is 3.01. The van der Waals surface area contributed by atoms with E-state index in [-0.39, 0.29) is 0 Å². The fraction of sp³-hybridized carbons (Fsp3) is 0.400. The first-order valence-corrected chi connectivity index (χ1v) is 7.64. The Morgan fingerprint density at radius 2 is 2.17 bits per heavy atom. The summed E-state index contributed by atoms with van der Waals surface area (Å²) in [7, 11) is 2.05. The molecule has 4 heterocycles. The molecule has 0 radical (unpaired) electrons. The van der Waals surface area contributed by atoms with E-state index in [1.54, 1.807) is 18.9 Å². The number of rotatable bonds is 3. The minimum atomic E-state index is 0.352. The van der Waals surface area contributed by atoms with Crippen molar-refractivity contribution >= 4 is 22.9 Å². The van der Waals surface area contributed by atoms with Crippen LogP contribution in [0, 0.1) is 6.92 Å². The number of anilines is 2. The van der Waals surface area contributed by atoms with E-state index in [9.17, 15) is 0 Å². The quantitative estimate of drug-likeness (QED) is 0.777. The van der Waals surface area contributed by atoms with Crippen molar-refractivity contribution < 1.29 is 0 Å². The number of aryl methyl sites for hydroxylation is 1. The van der Waals surface area contributed by atoms with Gasteiger partial charge in [0.2, 0.25) is 5.95 Å². The lowest BCUT2D eigenvalue weighted by Gasteiger charge is -2.25. The molecular formula is C15H18N8. The number of nitrogens with one attached hydrogen (secondary N) is 1. The summed E-state index contributed by atoms with van der Waals surface area (Å²) in [5, 5.41) is 0. The van der Waals surface area contributed by atoms with Crippen molar-refractivity contribution in [2.75, 3.05) is 29.9 Å². The lowest BCUT2D eigenvalue weighted by molar-refractivity contribution is 0.673. The molecule has 1 saturated heterocycles. The molecule has 1 aliphatic rings. The van der Waals surface area contributed by atoms with Gasteiger partial charge in [-0.2, -0.15) is 0 Å². The van der Waals surface area contributed by atoms with E-state index in [4.69, 9.17) is 0 Å². The van der Waals surface area contributed by atoms with E-state index >= 15 is 0 Å². The zero-order chi connectivity index (χ0) is 15.8. The Balaban J connectivity index is 1.56. The summed E-state index contributed by atoms with van der Waals surface area (Å²) in [6.45, 7) is 3.79. The normalized spacial score (nSPS) is 17.8. The van der Waals surface area contributed by atoms with Crippen molar-refractivity contribution in [3.63, 3.8) is 0 Å². The second-order valence-corrected chi connectivity index (χ2v) is 5.80. The van der Waals surface area contributed by atoms with Gasteiger partial charge >= 0.3 is 0 Å². The topological polar surface area (TPSA) is 86.7 Å². The van der Waals surface area contributed by atoms with Crippen LogP contribution in [0.4, 0.5) is 11.8 Å². The number of imidazole rings is 1. The van der Waals surface area contributed by atoms with Gasteiger partial charge in [-0.3, -0.25) is 0 Å². The predicted octanol–water partition coefficient (Wildman–Crippen LogP) is 1.17. The molecule has 8 nitrogen and oxygen atoms in total. The van der Waals surface area contributed by atoms with E-state index in [2.05, 4.69) is 46.8 Å². The van der Waals surface area contributed by atoms with Crippen molar-refractivity contribution in [1.29, 1.82) is 0 Å². The van der Waals surface area contributed by atoms with E-state index in [1.807, 2.05) is 13.0 Å². The largest absolute Gasteiger partial charge is 0.353 e. The maximum Gasteiger partial charge on any atom is 0.225 e. The smallest absolute Gasteiger partial charge is 0.225 e. The van der Waals surface area contributed by atoms with Crippen LogP contribution in [0.25, 0.3) is 11.2 Å². The van der Waals surface area contributed by atoms with Gasteiger partial charge in [-0.05, 0) is 19.4 Å². The molecule has 0 aliphatic carbocycles. The molecule has 0 amide bonds. The summed E-state index contributed by atoms with van der Waals surface area (Å²) >= 11 is 0. The highest BCUT2D eigenvalue weighted by Gasteiger charge is 2.29. The molecule has 0 saturated carbocycles. The van der Waals surface area contributed by atoms with Gasteiger partial charge < -0.3 is 14.8 Å². The molecule has 8 heteroatoms. The number of nitrogens with zero attached hydrogens (tertiary/aromatic N) is 7. The average molecular weight is 310 g/mol. The second kappa shape index (κ2) is 5.45. The van der Waals surface area contributed by atoms with Crippen molar-refractivity contribution in [1.82, 2.24) is 29.9 Å². The van der Waals surface area contributed by atoms with Gasteiger partial charge in [0.1, 0.15) is 11.8 Å². The number of hydrogen-bond donors (Lipinski definition) is 1. The first kappa shape index (κ1) is 13.9. The van der Waals surface area contributed by atoms with Crippen molar-refractivity contribution in [3.8, 4) is 0 Å². The Morgan fingerprint density at radius 3 is 3.04 bits per heavy atom. The molecule has 1 N–H and O–H groups in total. The molecule has 1 atom stereocenters. The van der Waals surface area contributed by atoms with Gasteiger partial charge in [0.25, 0.3) is 0 Å². The molecule has 4 rings (SSSR count). The summed E-state index contributed by atoms with van der Waals surface area (Å²) in [5.74, 6) is 1.68. The zero-order valence-electron chi connectivity index (χ0n) is 13.1. The molecule has 0 spiro atoms. The highest BCUT2D eigenvalue weighted by atomic mass is 15.3. The van der Waals surface area contributed by atoms with Crippen LogP contribution in [0.5, 0.6) is 0 Å². The number of fused-ring (bicyclic) bond motifs is 1. The van der Waals surface area contributed by atoms with Crippen LogP contribution in [0.15, 0.2) is 24.9 Å². The number of likely N-dealkylation sites (N-methyl/N-ethyl adjacent to an activating group) is 1. The second-order valence-electron chi connectivity index (χ2n) is 5.80. The van der Waals surface area contributed by atoms with Gasteiger partial charge in [0.05, 0.1) is 12.4 Å². The molecule has 1 aliphatic heterocycles. The Bertz CT molecular complexity index is 829. The van der Waals surface area contributed by atoms with E-state index in [0.29, 0.717) is 11.7 Å². The summed E-state index contributed by atoms with van der Waals surface area (Å²) in [6.07, 6.45) is 6.06. The highest BCUT2D eigenvalue weighted by Crippen LogP contribution is 2.26. The highest BCUT2D eigenvalue weighted by molar-refractivity contribution is 5.82. The van der Waals surface area contributed by atoms with Crippen LogP contribution < -0.4 is 9.80 Å². The number of H-pyrrole nitrogens is 1.